The van der Waals surface area contributed by atoms with Crippen molar-refractivity contribution in [2.45, 2.75) is 185 Å². The van der Waals surface area contributed by atoms with E-state index >= 15 is 0 Å². The highest BCUT2D eigenvalue weighted by Crippen LogP contribution is 2.41. The maximum Gasteiger partial charge on any atom is 0.311 e. The predicted octanol–water partition coefficient (Wildman–Crippen LogP) is 3.18. The average molecular weight is 787 g/mol. The fraction of sp³-hybridized carbons (Fsp3) is 0.927. The van der Waals surface area contributed by atoms with Gasteiger partial charge in [-0.3, -0.25) is 4.79 Å². The van der Waals surface area contributed by atoms with Gasteiger partial charge in [0.25, 0.3) is 0 Å². The zero-order chi connectivity index (χ0) is 41.2. The minimum absolute atomic E-state index is 0.109. The topological polar surface area (TPSA) is 167 Å². The average Bonchev–Trinajstić information content (AvgIpc) is 3.11. The van der Waals surface area contributed by atoms with E-state index in [2.05, 4.69) is 18.8 Å². The van der Waals surface area contributed by atoms with Crippen LogP contribution in [0.15, 0.2) is 12.2 Å². The summed E-state index contributed by atoms with van der Waals surface area (Å²) >= 11 is 0. The Morgan fingerprint density at radius 1 is 1.00 bits per heavy atom. The van der Waals surface area contributed by atoms with Crippen LogP contribution < -0.4 is 5.32 Å². The first-order chi connectivity index (χ1) is 25.6. The third-order valence-corrected chi connectivity index (χ3v) is 12.7. The summed E-state index contributed by atoms with van der Waals surface area (Å²) in [6.07, 6.45) is -6.55. The number of carbonyl (C=O) groups is 1. The van der Waals surface area contributed by atoms with Gasteiger partial charge in [0.15, 0.2) is 12.6 Å². The number of likely N-dealkylation sites (N-methyl/N-ethyl adjacent to an activating group) is 1. The molecule has 55 heavy (non-hydrogen) atoms. The Labute approximate surface area is 329 Å². The molecule has 0 amide bonds. The molecule has 0 aliphatic carbocycles. The molecule has 5 aliphatic heterocycles. The number of nitrogens with zero attached hydrogens (tertiary/aromatic N) is 1. The lowest BCUT2D eigenvalue weighted by Crippen LogP contribution is -2.61. The summed E-state index contributed by atoms with van der Waals surface area (Å²) in [5.74, 6) is -2.32. The van der Waals surface area contributed by atoms with Gasteiger partial charge < -0.3 is 63.4 Å². The van der Waals surface area contributed by atoms with Gasteiger partial charge in [0.2, 0.25) is 0 Å². The second kappa shape index (κ2) is 18.8. The van der Waals surface area contributed by atoms with Crippen molar-refractivity contribution in [1.29, 1.82) is 0 Å². The molecule has 5 rings (SSSR count). The molecular weight excluding hydrogens is 712 g/mol. The third-order valence-electron chi connectivity index (χ3n) is 12.7. The maximum atomic E-state index is 14.5. The number of aliphatic hydroxyl groups excluding tert-OH is 2. The van der Waals surface area contributed by atoms with Crippen molar-refractivity contribution in [2.75, 3.05) is 41.0 Å². The lowest BCUT2D eigenvalue weighted by molar-refractivity contribution is -0.320. The Hall–Kier alpha value is -1.27. The van der Waals surface area contributed by atoms with Gasteiger partial charge in [-0.15, -0.1) is 0 Å². The summed E-state index contributed by atoms with van der Waals surface area (Å²) in [6.45, 7) is 23.8. The van der Waals surface area contributed by atoms with Gasteiger partial charge in [0.1, 0.15) is 23.9 Å². The molecule has 0 spiro atoms. The van der Waals surface area contributed by atoms with Crippen LogP contribution in [0, 0.1) is 17.8 Å². The largest absolute Gasteiger partial charge is 0.459 e. The molecule has 5 saturated heterocycles. The molecule has 18 atom stereocenters. The highest BCUT2D eigenvalue weighted by molar-refractivity contribution is 5.73. The van der Waals surface area contributed by atoms with E-state index in [4.69, 9.17) is 37.9 Å². The molecule has 5 heterocycles. The molecule has 14 heteroatoms. The summed E-state index contributed by atoms with van der Waals surface area (Å²) in [6, 6.07) is -0.360. The Bertz CT molecular complexity index is 1270. The normalized spacial score (nSPS) is 48.6. The Kier molecular flexibility index (Phi) is 15.8. The second-order valence-electron chi connectivity index (χ2n) is 17.9. The van der Waals surface area contributed by atoms with Gasteiger partial charge in [0, 0.05) is 38.1 Å². The van der Waals surface area contributed by atoms with Crippen LogP contribution in [0.1, 0.15) is 94.9 Å². The van der Waals surface area contributed by atoms with Crippen molar-refractivity contribution in [3.05, 3.63) is 12.2 Å². The standard InChI is InChI=1S/C41H74N2O12/c1-15-30-41(11,47)35-23(3)19-42-24(4)17-40(10,50-21-22(2)20-49-35)36(55-38-32(44)29(43(12)13)16-25(5)51-38)26(6)33(27(7)37(46)53-30)54-31-18-39(9,48-14)34(45)28(8)52-31/h23-36,38,42,44-45,47H,2,15-21H2,1,3-14H3/t23-,24+,25+,26-,27+,28-,29-,30+,31-,32+,33-,34-,35+,36+,38-,39+,40+,41+/m0/s1. The molecule has 2 bridgehead atoms. The SMILES string of the molecule is C=C1CO[C@@H]2[C@@H](C)CN[C@H](C)C[C@@](C)(OC1)[C@H](O[C@@H]1O[C@H](C)C[C@H](N(C)C)[C@H]1O)[C@@H](C)[C@H](O[C@H]1C[C@@](C)(OC)[C@@H](O)[C@H](C)O1)[C@@H](C)C(=O)O[C@H](CC)[C@@]2(C)O. The van der Waals surface area contributed by atoms with Crippen molar-refractivity contribution >= 4 is 5.97 Å². The first-order valence-corrected chi connectivity index (χ1v) is 20.4. The van der Waals surface area contributed by atoms with E-state index in [0.29, 0.717) is 31.4 Å². The molecule has 320 valence electrons. The van der Waals surface area contributed by atoms with Crippen LogP contribution >= 0.6 is 0 Å². The first kappa shape index (κ1) is 46.4. The molecular formula is C41H74N2O12. The number of carbonyl (C=O) groups excluding carboxylic acids is 1. The predicted molar refractivity (Wildman–Crippen MR) is 206 cm³/mol. The van der Waals surface area contributed by atoms with Gasteiger partial charge >= 0.3 is 5.97 Å². The number of aliphatic hydroxyl groups is 3. The van der Waals surface area contributed by atoms with Gasteiger partial charge in [-0.05, 0) is 93.3 Å². The van der Waals surface area contributed by atoms with Crippen LogP contribution in [-0.4, -0.2) is 157 Å². The Morgan fingerprint density at radius 3 is 2.29 bits per heavy atom. The molecule has 0 saturated carbocycles. The monoisotopic (exact) mass is 787 g/mol. The van der Waals surface area contributed by atoms with Gasteiger partial charge in [-0.1, -0.05) is 27.4 Å². The molecule has 5 aliphatic rings. The fourth-order valence-electron chi connectivity index (χ4n) is 9.30. The minimum Gasteiger partial charge on any atom is -0.459 e. The van der Waals surface area contributed by atoms with Crippen LogP contribution in [0.5, 0.6) is 0 Å². The van der Waals surface area contributed by atoms with Gasteiger partial charge in [0.05, 0.1) is 60.9 Å². The summed E-state index contributed by atoms with van der Waals surface area (Å²) in [5, 5.41) is 38.7. The van der Waals surface area contributed by atoms with Crippen molar-refractivity contribution in [1.82, 2.24) is 10.2 Å². The quantitative estimate of drug-likeness (QED) is 0.220. The van der Waals surface area contributed by atoms with Crippen molar-refractivity contribution < 1.29 is 58.0 Å². The number of rotatable bonds is 7. The van der Waals surface area contributed by atoms with E-state index < -0.39 is 89.9 Å². The number of hydrogen-bond donors (Lipinski definition) is 4. The lowest BCUT2D eigenvalue weighted by atomic mass is 9.78. The van der Waals surface area contributed by atoms with E-state index in [-0.39, 0.29) is 43.7 Å². The first-order valence-electron chi connectivity index (χ1n) is 20.4. The maximum absolute atomic E-state index is 14.5. The smallest absolute Gasteiger partial charge is 0.311 e. The van der Waals surface area contributed by atoms with Crippen LogP contribution in [0.3, 0.4) is 0 Å². The number of methoxy groups -OCH3 is 1. The van der Waals surface area contributed by atoms with E-state index in [9.17, 15) is 20.1 Å². The summed E-state index contributed by atoms with van der Waals surface area (Å²) in [7, 11) is 5.39. The molecule has 4 N–H and O–H groups in total. The Balaban J connectivity index is 1.91. The molecule has 14 nitrogen and oxygen atoms in total. The van der Waals surface area contributed by atoms with Gasteiger partial charge in [-0.2, -0.15) is 0 Å². The summed E-state index contributed by atoms with van der Waals surface area (Å²) in [5.41, 5.74) is -2.98. The van der Waals surface area contributed by atoms with Crippen molar-refractivity contribution in [3.8, 4) is 0 Å². The summed E-state index contributed by atoms with van der Waals surface area (Å²) < 4.78 is 52.0. The van der Waals surface area contributed by atoms with Gasteiger partial charge in [-0.25, -0.2) is 0 Å². The number of nitrogens with one attached hydrogen (secondary N) is 1. The number of fused-ring (bicyclic) bond motifs is 15. The molecule has 5 fully saturated rings. The zero-order valence-electron chi connectivity index (χ0n) is 35.8. The molecule has 0 aromatic heterocycles. The minimum atomic E-state index is -1.57. The zero-order valence-corrected chi connectivity index (χ0v) is 35.8. The van der Waals surface area contributed by atoms with E-state index in [0.717, 1.165) is 0 Å². The van der Waals surface area contributed by atoms with Crippen molar-refractivity contribution in [3.63, 3.8) is 0 Å². The van der Waals surface area contributed by atoms with Crippen LogP contribution in [0.25, 0.3) is 0 Å². The van der Waals surface area contributed by atoms with E-state index in [1.54, 1.807) is 27.9 Å². The highest BCUT2D eigenvalue weighted by Gasteiger charge is 2.53. The molecule has 0 unspecified atom stereocenters. The van der Waals surface area contributed by atoms with E-state index in [1.165, 1.54) is 0 Å². The number of hydrogen-bond acceptors (Lipinski definition) is 14. The number of ether oxygens (including phenoxy) is 8. The Morgan fingerprint density at radius 2 is 1.67 bits per heavy atom. The molecule has 0 aromatic carbocycles. The summed E-state index contributed by atoms with van der Waals surface area (Å²) in [4.78, 5) is 16.5. The lowest BCUT2D eigenvalue weighted by Gasteiger charge is -2.50. The van der Waals surface area contributed by atoms with Crippen LogP contribution in [0.2, 0.25) is 0 Å². The van der Waals surface area contributed by atoms with Crippen LogP contribution in [0.4, 0.5) is 0 Å². The number of esters is 1. The second-order valence-corrected chi connectivity index (χ2v) is 17.9. The molecule has 0 radical (unpaired) electrons. The van der Waals surface area contributed by atoms with Crippen LogP contribution in [-0.2, 0) is 42.7 Å². The molecule has 0 aromatic rings. The highest BCUT2D eigenvalue weighted by atomic mass is 16.7. The third kappa shape index (κ3) is 10.5. The fourth-order valence-corrected chi connectivity index (χ4v) is 9.30. The van der Waals surface area contributed by atoms with Crippen molar-refractivity contribution in [2.24, 2.45) is 17.8 Å². The van der Waals surface area contributed by atoms with E-state index in [1.807, 2.05) is 60.5 Å².